The number of carboxylic acid groups (broad SMARTS) is 1. The van der Waals surface area contributed by atoms with Gasteiger partial charge in [-0.25, -0.2) is 4.79 Å². The van der Waals surface area contributed by atoms with Crippen molar-refractivity contribution in [1.82, 2.24) is 0 Å². The number of carbonyl (C=O) groups is 1. The van der Waals surface area contributed by atoms with Crippen LogP contribution in [0.1, 0.15) is 97.5 Å². The Kier molecular flexibility index (Phi) is 6.22. The van der Waals surface area contributed by atoms with Crippen molar-refractivity contribution >= 4 is 17.3 Å². The lowest BCUT2D eigenvalue weighted by atomic mass is 9.79. The van der Waals surface area contributed by atoms with Crippen LogP contribution in [0, 0.1) is 0 Å². The van der Waals surface area contributed by atoms with Crippen molar-refractivity contribution in [2.75, 3.05) is 11.9 Å². The summed E-state index contributed by atoms with van der Waals surface area (Å²) in [6.07, 6.45) is 13.4. The van der Waals surface area contributed by atoms with E-state index in [1.807, 2.05) is 12.1 Å². The summed E-state index contributed by atoms with van der Waals surface area (Å²) in [7, 11) is 2.10. The number of hydrogen-bond donors (Lipinski definition) is 1. The van der Waals surface area contributed by atoms with E-state index in [0.717, 1.165) is 5.69 Å². The van der Waals surface area contributed by atoms with Crippen molar-refractivity contribution in [2.45, 2.75) is 76.0 Å². The van der Waals surface area contributed by atoms with Gasteiger partial charge in [0, 0.05) is 18.4 Å². The van der Waals surface area contributed by atoms with Crippen molar-refractivity contribution in [3.8, 4) is 0 Å². The molecule has 2 saturated carbocycles. The molecule has 2 aliphatic carbocycles. The highest BCUT2D eigenvalue weighted by Gasteiger charge is 2.21. The number of benzene rings is 2. The van der Waals surface area contributed by atoms with Gasteiger partial charge in [-0.15, -0.1) is 0 Å². The predicted molar refractivity (Wildman–Crippen MR) is 120 cm³/mol. The molecular weight excluding hydrogens is 358 g/mol. The van der Waals surface area contributed by atoms with E-state index in [9.17, 15) is 9.90 Å². The minimum Gasteiger partial charge on any atom is -0.478 e. The van der Waals surface area contributed by atoms with Crippen LogP contribution in [-0.4, -0.2) is 18.1 Å². The number of aromatic carboxylic acids is 1. The third-order valence-electron chi connectivity index (χ3n) is 7.00. The fourth-order valence-corrected chi connectivity index (χ4v) is 5.17. The Hall–Kier alpha value is -2.29. The normalized spacial score (nSPS) is 18.5. The molecule has 0 amide bonds. The van der Waals surface area contributed by atoms with Gasteiger partial charge in [0.25, 0.3) is 0 Å². The van der Waals surface area contributed by atoms with E-state index < -0.39 is 5.97 Å². The maximum absolute atomic E-state index is 11.2. The standard InChI is InChI=1S/C26H33NO2/c1-27(24-14-12-21(13-15-24)26(28)29)25-17-22(19-8-4-2-5-9-19)16-23(18-25)20-10-6-3-7-11-20/h12-20H,2-11H2,1H3,(H,28,29). The van der Waals surface area contributed by atoms with Gasteiger partial charge in [-0.2, -0.15) is 0 Å². The van der Waals surface area contributed by atoms with E-state index in [4.69, 9.17) is 0 Å². The zero-order valence-corrected chi connectivity index (χ0v) is 17.6. The summed E-state index contributed by atoms with van der Waals surface area (Å²) < 4.78 is 0. The van der Waals surface area contributed by atoms with Crippen LogP contribution in [0.4, 0.5) is 11.4 Å². The van der Waals surface area contributed by atoms with Crippen molar-refractivity contribution in [3.63, 3.8) is 0 Å². The lowest BCUT2D eigenvalue weighted by molar-refractivity contribution is 0.0697. The second-order valence-electron chi connectivity index (χ2n) is 8.94. The number of hydrogen-bond acceptors (Lipinski definition) is 2. The van der Waals surface area contributed by atoms with Crippen molar-refractivity contribution < 1.29 is 9.90 Å². The molecule has 2 aromatic rings. The Bertz CT molecular complexity index is 794. The van der Waals surface area contributed by atoms with E-state index in [1.54, 1.807) is 12.1 Å². The molecule has 0 unspecified atom stereocenters. The number of nitrogens with zero attached hydrogens (tertiary/aromatic N) is 1. The van der Waals surface area contributed by atoms with Gasteiger partial charge >= 0.3 is 5.97 Å². The Morgan fingerprint density at radius 3 is 1.69 bits per heavy atom. The summed E-state index contributed by atoms with van der Waals surface area (Å²) in [5, 5.41) is 9.18. The van der Waals surface area contributed by atoms with Crippen LogP contribution in [0.5, 0.6) is 0 Å². The largest absolute Gasteiger partial charge is 0.478 e. The monoisotopic (exact) mass is 391 g/mol. The second-order valence-corrected chi connectivity index (χ2v) is 8.94. The van der Waals surface area contributed by atoms with E-state index in [0.29, 0.717) is 17.4 Å². The molecule has 29 heavy (non-hydrogen) atoms. The van der Waals surface area contributed by atoms with Crippen molar-refractivity contribution in [1.29, 1.82) is 0 Å². The number of anilines is 2. The average Bonchev–Trinajstić information content (AvgIpc) is 2.79. The van der Waals surface area contributed by atoms with Crippen LogP contribution in [-0.2, 0) is 0 Å². The Balaban J connectivity index is 1.67. The maximum atomic E-state index is 11.2. The first-order valence-corrected chi connectivity index (χ1v) is 11.3. The second kappa shape index (κ2) is 9.02. The maximum Gasteiger partial charge on any atom is 0.335 e. The summed E-state index contributed by atoms with van der Waals surface area (Å²) in [5.74, 6) is 0.501. The molecule has 0 spiro atoms. The lowest BCUT2D eigenvalue weighted by Crippen LogP contribution is -2.14. The minimum absolute atomic E-state index is 0.334. The van der Waals surface area contributed by atoms with Crippen molar-refractivity contribution in [2.24, 2.45) is 0 Å². The quantitative estimate of drug-likeness (QED) is 0.583. The molecule has 0 aromatic heterocycles. The number of rotatable bonds is 5. The topological polar surface area (TPSA) is 40.5 Å². The zero-order chi connectivity index (χ0) is 20.2. The summed E-state index contributed by atoms with van der Waals surface area (Å²) in [4.78, 5) is 13.4. The fraction of sp³-hybridized carbons (Fsp3) is 0.500. The van der Waals surface area contributed by atoms with Crippen LogP contribution in [0.2, 0.25) is 0 Å². The molecule has 0 heterocycles. The summed E-state index contributed by atoms with van der Waals surface area (Å²) >= 11 is 0. The summed E-state index contributed by atoms with van der Waals surface area (Å²) in [6, 6.07) is 14.5. The van der Waals surface area contributed by atoms with Crippen LogP contribution in [0.25, 0.3) is 0 Å². The predicted octanol–water partition coefficient (Wildman–Crippen LogP) is 7.25. The van der Waals surface area contributed by atoms with E-state index >= 15 is 0 Å². The van der Waals surface area contributed by atoms with Crippen LogP contribution in [0.3, 0.4) is 0 Å². The summed E-state index contributed by atoms with van der Waals surface area (Å²) in [5.41, 5.74) is 5.62. The van der Waals surface area contributed by atoms with Gasteiger partial charge in [-0.05, 0) is 85.0 Å². The first kappa shape index (κ1) is 20.0. The average molecular weight is 392 g/mol. The van der Waals surface area contributed by atoms with Crippen molar-refractivity contribution in [3.05, 3.63) is 59.2 Å². The van der Waals surface area contributed by atoms with Gasteiger partial charge in [0.05, 0.1) is 5.56 Å². The van der Waals surface area contributed by atoms with Gasteiger partial charge in [0.1, 0.15) is 0 Å². The first-order valence-electron chi connectivity index (χ1n) is 11.3. The lowest BCUT2D eigenvalue weighted by Gasteiger charge is -2.29. The zero-order valence-electron chi connectivity index (χ0n) is 17.6. The Morgan fingerprint density at radius 1 is 0.759 bits per heavy atom. The molecule has 2 aromatic carbocycles. The molecule has 0 atom stereocenters. The fourth-order valence-electron chi connectivity index (χ4n) is 5.17. The van der Waals surface area contributed by atoms with Gasteiger partial charge < -0.3 is 10.0 Å². The SMILES string of the molecule is CN(c1ccc(C(=O)O)cc1)c1cc(C2CCCCC2)cc(C2CCCCC2)c1. The third-order valence-corrected chi connectivity index (χ3v) is 7.00. The van der Waals surface area contributed by atoms with Gasteiger partial charge in [0.2, 0.25) is 0 Å². The molecule has 0 aliphatic heterocycles. The van der Waals surface area contributed by atoms with E-state index in [1.165, 1.54) is 81.0 Å². The molecule has 1 N–H and O–H groups in total. The van der Waals surface area contributed by atoms with Gasteiger partial charge in [-0.1, -0.05) is 44.6 Å². The summed E-state index contributed by atoms with van der Waals surface area (Å²) in [6.45, 7) is 0. The van der Waals surface area contributed by atoms with Gasteiger partial charge in [0.15, 0.2) is 0 Å². The molecule has 2 aliphatic rings. The first-order chi connectivity index (χ1) is 14.1. The molecule has 4 rings (SSSR count). The molecule has 0 saturated heterocycles. The smallest absolute Gasteiger partial charge is 0.335 e. The molecule has 154 valence electrons. The van der Waals surface area contributed by atoms with E-state index in [2.05, 4.69) is 30.1 Å². The van der Waals surface area contributed by atoms with Crippen LogP contribution in [0.15, 0.2) is 42.5 Å². The highest BCUT2D eigenvalue weighted by Crippen LogP contribution is 2.40. The minimum atomic E-state index is -0.877. The van der Waals surface area contributed by atoms with E-state index in [-0.39, 0.29) is 0 Å². The molecule has 0 bridgehead atoms. The Labute approximate surface area is 174 Å². The highest BCUT2D eigenvalue weighted by molar-refractivity contribution is 5.88. The highest BCUT2D eigenvalue weighted by atomic mass is 16.4. The van der Waals surface area contributed by atoms with Crippen LogP contribution >= 0.6 is 0 Å². The molecule has 3 nitrogen and oxygen atoms in total. The molecule has 3 heteroatoms. The molecule has 2 fully saturated rings. The van der Waals surface area contributed by atoms with Gasteiger partial charge in [-0.3, -0.25) is 0 Å². The number of carboxylic acids is 1. The Morgan fingerprint density at radius 2 is 1.24 bits per heavy atom. The molecular formula is C26H33NO2. The third kappa shape index (κ3) is 4.66. The van der Waals surface area contributed by atoms with Crippen LogP contribution < -0.4 is 4.90 Å². The molecule has 0 radical (unpaired) electrons.